The number of hydrogen-bond acceptors (Lipinski definition) is 5. The number of rotatable bonds is 4. The summed E-state index contributed by atoms with van der Waals surface area (Å²) in [4.78, 5) is 11.3. The number of sulfonamides is 1. The van der Waals surface area contributed by atoms with Crippen LogP contribution < -0.4 is 17.0 Å². The van der Waals surface area contributed by atoms with E-state index >= 15 is 0 Å². The molecule has 1 aromatic carbocycles. The highest BCUT2D eigenvalue weighted by Gasteiger charge is 2.12. The van der Waals surface area contributed by atoms with E-state index < -0.39 is 21.5 Å². The van der Waals surface area contributed by atoms with Crippen LogP contribution in [0.5, 0.6) is 0 Å². The number of aryl methyl sites for hydroxylation is 1. The van der Waals surface area contributed by atoms with Gasteiger partial charge in [-0.2, -0.15) is 13.5 Å². The van der Waals surface area contributed by atoms with Gasteiger partial charge >= 0.3 is 0 Å². The summed E-state index contributed by atoms with van der Waals surface area (Å²) in [7, 11) is -3.94. The second-order valence-electron chi connectivity index (χ2n) is 4.24. The zero-order chi connectivity index (χ0) is 16.3. The molecule has 0 radical (unpaired) electrons. The van der Waals surface area contributed by atoms with Crippen LogP contribution in [0.2, 0.25) is 0 Å². The average molecular weight is 323 g/mol. The molecule has 0 saturated carbocycles. The molecule has 0 aliphatic rings. The number of benzene rings is 1. The zero-order valence-corrected chi connectivity index (χ0v) is 12.3. The Morgan fingerprint density at radius 2 is 1.73 bits per heavy atom. The van der Waals surface area contributed by atoms with Gasteiger partial charge in [-0.1, -0.05) is 0 Å². The van der Waals surface area contributed by atoms with Crippen molar-refractivity contribution in [1.82, 2.24) is 10.2 Å². The van der Waals surface area contributed by atoms with E-state index in [4.69, 9.17) is 11.5 Å². The van der Waals surface area contributed by atoms with Crippen LogP contribution in [0.4, 0.5) is 11.4 Å². The summed E-state index contributed by atoms with van der Waals surface area (Å²) in [5.41, 5.74) is 10.8. The second kappa shape index (κ2) is 5.81. The number of nitrogens with one attached hydrogen (secondary N) is 2. The molecule has 0 unspecified atom stereocenters. The highest BCUT2D eigenvalue weighted by molar-refractivity contribution is 7.90. The van der Waals surface area contributed by atoms with Gasteiger partial charge < -0.3 is 16.6 Å². The van der Waals surface area contributed by atoms with E-state index in [9.17, 15) is 13.2 Å². The summed E-state index contributed by atoms with van der Waals surface area (Å²) < 4.78 is 26.6. The fraction of sp³-hybridized carbons (Fsp3) is 0.0909. The van der Waals surface area contributed by atoms with Crippen molar-refractivity contribution in [3.8, 4) is 0 Å². The molecule has 0 spiro atoms. The molecule has 2 rings (SSSR count). The zero-order valence-electron chi connectivity index (χ0n) is 11.4. The minimum atomic E-state index is -3.94. The minimum absolute atomic E-state index is 0.0875. The fourth-order valence-electron chi connectivity index (χ4n) is 1.54. The largest absolute Gasteiger partial charge is 0.369 e. The third-order valence-electron chi connectivity index (χ3n) is 2.56. The number of aromatic nitrogens is 2. The third-order valence-corrected chi connectivity index (χ3v) is 3.88. The number of aromatic amines is 2. The van der Waals surface area contributed by atoms with Gasteiger partial charge in [-0.3, -0.25) is 9.89 Å². The molecule has 1 aromatic heterocycles. The molecule has 0 saturated heterocycles. The lowest BCUT2D eigenvalue weighted by Crippen LogP contribution is -2.24. The minimum Gasteiger partial charge on any atom is -0.369 e. The maximum atomic E-state index is 11.7. The van der Waals surface area contributed by atoms with Crippen LogP contribution >= 0.6 is 0 Å². The van der Waals surface area contributed by atoms with Crippen molar-refractivity contribution in [3.05, 3.63) is 40.3 Å². The molecule has 10 nitrogen and oxygen atoms in total. The average Bonchev–Trinajstić information content (AvgIpc) is 2.75. The number of guanidine groups is 1. The predicted molar refractivity (Wildman–Crippen MR) is 79.8 cm³/mol. The Morgan fingerprint density at radius 1 is 1.09 bits per heavy atom. The molecule has 0 aliphatic carbocycles. The van der Waals surface area contributed by atoms with Gasteiger partial charge in [-0.05, 0) is 31.2 Å². The van der Waals surface area contributed by atoms with Crippen LogP contribution in [0.3, 0.4) is 0 Å². The van der Waals surface area contributed by atoms with E-state index in [1.54, 1.807) is 6.92 Å². The van der Waals surface area contributed by atoms with Crippen LogP contribution in [0.15, 0.2) is 48.6 Å². The first-order valence-electron chi connectivity index (χ1n) is 5.94. The summed E-state index contributed by atoms with van der Waals surface area (Å²) in [6.07, 6.45) is 0. The molecule has 0 amide bonds. The van der Waals surface area contributed by atoms with Crippen LogP contribution in [0, 0.1) is 6.92 Å². The molecule has 2 aromatic rings. The Hall–Kier alpha value is -2.95. The third kappa shape index (κ3) is 3.38. The monoisotopic (exact) mass is 323 g/mol. The Balaban J connectivity index is 2.27. The summed E-state index contributed by atoms with van der Waals surface area (Å²) in [6, 6.07) is 5.39. The second-order valence-corrected chi connectivity index (χ2v) is 5.84. The molecule has 0 fully saturated rings. The van der Waals surface area contributed by atoms with E-state index in [1.807, 2.05) is 0 Å². The number of nitrogens with zero attached hydrogens (tertiary/aromatic N) is 3. The van der Waals surface area contributed by atoms with E-state index in [2.05, 4.69) is 24.8 Å². The van der Waals surface area contributed by atoms with E-state index in [-0.39, 0.29) is 10.6 Å². The highest BCUT2D eigenvalue weighted by atomic mass is 32.2. The van der Waals surface area contributed by atoms with E-state index in [0.29, 0.717) is 11.4 Å². The first kappa shape index (κ1) is 15.4. The predicted octanol–water partition coefficient (Wildman–Crippen LogP) is 0.389. The summed E-state index contributed by atoms with van der Waals surface area (Å²) in [5, 5.41) is 12.6. The van der Waals surface area contributed by atoms with Crippen molar-refractivity contribution < 1.29 is 8.42 Å². The van der Waals surface area contributed by atoms with Crippen molar-refractivity contribution in [2.24, 2.45) is 26.1 Å². The summed E-state index contributed by atoms with van der Waals surface area (Å²) >= 11 is 0. The maximum Gasteiger partial charge on any atom is 0.291 e. The molecule has 22 heavy (non-hydrogen) atoms. The smallest absolute Gasteiger partial charge is 0.291 e. The number of H-pyrrole nitrogens is 2. The lowest BCUT2D eigenvalue weighted by atomic mass is 10.3. The van der Waals surface area contributed by atoms with Gasteiger partial charge in [-0.15, -0.1) is 9.51 Å². The molecule has 6 N–H and O–H groups in total. The molecular weight excluding hydrogens is 310 g/mol. The van der Waals surface area contributed by atoms with Crippen LogP contribution in [0.25, 0.3) is 0 Å². The Morgan fingerprint density at radius 3 is 2.23 bits per heavy atom. The van der Waals surface area contributed by atoms with Gasteiger partial charge in [0.25, 0.3) is 15.6 Å². The lowest BCUT2D eigenvalue weighted by Gasteiger charge is -1.99. The Labute approximate surface area is 125 Å². The number of azo groups is 1. The van der Waals surface area contributed by atoms with E-state index in [0.717, 1.165) is 0 Å². The van der Waals surface area contributed by atoms with Gasteiger partial charge in [0.15, 0.2) is 5.69 Å². The molecule has 0 bridgehead atoms. The Bertz CT molecular complexity index is 887. The van der Waals surface area contributed by atoms with Gasteiger partial charge in [-0.25, -0.2) is 0 Å². The normalized spacial score (nSPS) is 11.7. The first-order valence-corrected chi connectivity index (χ1v) is 7.38. The van der Waals surface area contributed by atoms with Gasteiger partial charge in [0.05, 0.1) is 16.3 Å². The SMILES string of the molecule is Cc1[nH][nH]c(=O)c1N=Nc1ccc(S(=O)(=O)N=C(N)N)cc1. The molecule has 116 valence electrons. The van der Waals surface area contributed by atoms with Crippen LogP contribution in [0.1, 0.15) is 5.69 Å². The topological polar surface area (TPSA) is 172 Å². The summed E-state index contributed by atoms with van der Waals surface area (Å²) in [6.45, 7) is 1.66. The van der Waals surface area contributed by atoms with Crippen LogP contribution in [-0.2, 0) is 10.0 Å². The molecular formula is C11H13N7O3S. The van der Waals surface area contributed by atoms with Crippen molar-refractivity contribution in [1.29, 1.82) is 0 Å². The van der Waals surface area contributed by atoms with Crippen LogP contribution in [-0.4, -0.2) is 24.6 Å². The molecule has 0 atom stereocenters. The summed E-state index contributed by atoms with van der Waals surface area (Å²) in [5.74, 6) is -0.550. The number of hydrogen-bond donors (Lipinski definition) is 4. The number of nitrogens with two attached hydrogens (primary N) is 2. The van der Waals surface area contributed by atoms with E-state index in [1.165, 1.54) is 24.3 Å². The standard InChI is InChI=1S/C11H13N7O3S/c1-6-9(10(19)17-14-6)16-15-7-2-4-8(5-3-7)22(20,21)18-11(12)13/h2-5H,1H3,(H4,12,13,18)(H2,14,17,19). The van der Waals surface area contributed by atoms with Gasteiger partial charge in [0.1, 0.15) is 0 Å². The van der Waals surface area contributed by atoms with Crippen molar-refractivity contribution >= 4 is 27.4 Å². The highest BCUT2D eigenvalue weighted by Crippen LogP contribution is 2.20. The fourth-order valence-corrected chi connectivity index (χ4v) is 2.41. The quantitative estimate of drug-likeness (QED) is 0.361. The lowest BCUT2D eigenvalue weighted by molar-refractivity contribution is 0.598. The first-order chi connectivity index (χ1) is 10.3. The molecule has 1 heterocycles. The Kier molecular flexibility index (Phi) is 4.08. The maximum absolute atomic E-state index is 11.7. The van der Waals surface area contributed by atoms with Crippen molar-refractivity contribution in [3.63, 3.8) is 0 Å². The molecule has 0 aliphatic heterocycles. The van der Waals surface area contributed by atoms with Crippen molar-refractivity contribution in [2.45, 2.75) is 11.8 Å². The van der Waals surface area contributed by atoms with Gasteiger partial charge in [0.2, 0.25) is 5.96 Å². The van der Waals surface area contributed by atoms with Gasteiger partial charge in [0, 0.05) is 0 Å². The molecule has 11 heteroatoms. The van der Waals surface area contributed by atoms with Crippen molar-refractivity contribution in [2.75, 3.05) is 0 Å².